The second-order valence-corrected chi connectivity index (χ2v) is 3.75. The maximum absolute atomic E-state index is 5.18. The zero-order valence-electron chi connectivity index (χ0n) is 9.63. The number of aliphatic imine (C=N–C) groups is 1. The first-order valence-electron chi connectivity index (χ1n) is 5.36. The van der Waals surface area contributed by atoms with E-state index in [4.69, 9.17) is 12.7 Å². The lowest BCUT2D eigenvalue weighted by Crippen LogP contribution is -1.91. The molecule has 0 N–H and O–H groups in total. The average Bonchev–Trinajstić information content (AvgIpc) is 2.38. The van der Waals surface area contributed by atoms with Gasteiger partial charge in [-0.05, 0) is 31.2 Å². The van der Waals surface area contributed by atoms with Crippen LogP contribution in [0.3, 0.4) is 0 Å². The Morgan fingerprint density at radius 2 is 1.76 bits per heavy atom. The van der Waals surface area contributed by atoms with Crippen molar-refractivity contribution in [2.24, 2.45) is 4.99 Å². The lowest BCUT2D eigenvalue weighted by Gasteiger charge is -2.03. The van der Waals surface area contributed by atoms with Gasteiger partial charge in [0, 0.05) is 11.8 Å². The molecule has 3 heteroatoms. The SMILES string of the molecule is [B]Oc1ccccc1C=Nc1ccc(C)cc1. The largest absolute Gasteiger partial charge is 0.567 e. The number of hydrogen-bond donors (Lipinski definition) is 0. The molecule has 0 amide bonds. The highest BCUT2D eigenvalue weighted by atomic mass is 16.4. The Kier molecular flexibility index (Phi) is 3.60. The Hall–Kier alpha value is -2.03. The molecule has 0 aliphatic rings. The van der Waals surface area contributed by atoms with Crippen LogP contribution in [0.4, 0.5) is 5.69 Å². The van der Waals surface area contributed by atoms with Gasteiger partial charge >= 0.3 is 8.05 Å². The van der Waals surface area contributed by atoms with E-state index in [0.29, 0.717) is 5.75 Å². The fourth-order valence-electron chi connectivity index (χ4n) is 1.47. The van der Waals surface area contributed by atoms with Gasteiger partial charge in [0.05, 0.1) is 5.69 Å². The quantitative estimate of drug-likeness (QED) is 0.576. The molecule has 0 saturated carbocycles. The molecule has 0 unspecified atom stereocenters. The lowest BCUT2D eigenvalue weighted by molar-refractivity contribution is 0.615. The van der Waals surface area contributed by atoms with Gasteiger partial charge in [-0.15, -0.1) is 0 Å². The number of benzene rings is 2. The monoisotopic (exact) mass is 221 g/mol. The Labute approximate surface area is 102 Å². The molecule has 0 saturated heterocycles. The van der Waals surface area contributed by atoms with Gasteiger partial charge in [-0.1, -0.05) is 29.8 Å². The van der Waals surface area contributed by atoms with E-state index < -0.39 is 0 Å². The van der Waals surface area contributed by atoms with E-state index in [-0.39, 0.29) is 0 Å². The summed E-state index contributed by atoms with van der Waals surface area (Å²) < 4.78 is 4.76. The van der Waals surface area contributed by atoms with Crippen molar-refractivity contribution in [2.75, 3.05) is 0 Å². The van der Waals surface area contributed by atoms with Gasteiger partial charge in [-0.3, -0.25) is 4.99 Å². The topological polar surface area (TPSA) is 21.6 Å². The molecule has 17 heavy (non-hydrogen) atoms. The molecule has 2 radical (unpaired) electrons. The van der Waals surface area contributed by atoms with E-state index >= 15 is 0 Å². The first-order valence-corrected chi connectivity index (χ1v) is 5.36. The van der Waals surface area contributed by atoms with Gasteiger partial charge in [0.15, 0.2) is 0 Å². The molecule has 0 heterocycles. The summed E-state index contributed by atoms with van der Waals surface area (Å²) in [5, 5.41) is 0. The molecule has 2 rings (SSSR count). The molecule has 82 valence electrons. The highest BCUT2D eigenvalue weighted by Crippen LogP contribution is 2.17. The molecule has 0 aromatic heterocycles. The third kappa shape index (κ3) is 2.97. The van der Waals surface area contributed by atoms with Crippen molar-refractivity contribution in [3.8, 4) is 5.75 Å². The Morgan fingerprint density at radius 3 is 2.47 bits per heavy atom. The molecule has 2 aromatic carbocycles. The predicted molar refractivity (Wildman–Crippen MR) is 71.3 cm³/mol. The van der Waals surface area contributed by atoms with Crippen molar-refractivity contribution < 1.29 is 4.65 Å². The third-order valence-electron chi connectivity index (χ3n) is 2.43. The summed E-state index contributed by atoms with van der Waals surface area (Å²) in [6, 6.07) is 15.5. The van der Waals surface area contributed by atoms with Crippen LogP contribution in [0.15, 0.2) is 53.5 Å². The smallest absolute Gasteiger partial charge is 0.374 e. The molecule has 0 atom stereocenters. The summed E-state index contributed by atoms with van der Waals surface area (Å²) in [4.78, 5) is 4.37. The van der Waals surface area contributed by atoms with Gasteiger partial charge < -0.3 is 4.65 Å². The van der Waals surface area contributed by atoms with Crippen LogP contribution in [-0.4, -0.2) is 14.3 Å². The first-order chi connectivity index (χ1) is 8.29. The fraction of sp³-hybridized carbons (Fsp3) is 0.0714. The van der Waals surface area contributed by atoms with Crippen LogP contribution < -0.4 is 4.65 Å². The Morgan fingerprint density at radius 1 is 1.06 bits per heavy atom. The van der Waals surface area contributed by atoms with E-state index in [1.165, 1.54) is 5.56 Å². The maximum atomic E-state index is 5.18. The highest BCUT2D eigenvalue weighted by molar-refractivity contribution is 6.01. The van der Waals surface area contributed by atoms with Crippen molar-refractivity contribution in [3.05, 3.63) is 59.7 Å². The number of nitrogens with zero attached hydrogens (tertiary/aromatic N) is 1. The van der Waals surface area contributed by atoms with E-state index in [1.807, 2.05) is 49.4 Å². The van der Waals surface area contributed by atoms with Crippen LogP contribution in [0.1, 0.15) is 11.1 Å². The molecule has 2 nitrogen and oxygen atoms in total. The number of aryl methyl sites for hydroxylation is 1. The number of para-hydroxylation sites is 1. The van der Waals surface area contributed by atoms with E-state index in [0.717, 1.165) is 11.3 Å². The van der Waals surface area contributed by atoms with Gasteiger partial charge in [0.1, 0.15) is 5.75 Å². The summed E-state index contributed by atoms with van der Waals surface area (Å²) in [6.45, 7) is 2.05. The fourth-order valence-corrected chi connectivity index (χ4v) is 1.47. The van der Waals surface area contributed by atoms with Crippen molar-refractivity contribution in [3.63, 3.8) is 0 Å². The lowest BCUT2D eigenvalue weighted by atomic mass is 10.2. The van der Waals surface area contributed by atoms with Crippen molar-refractivity contribution in [2.45, 2.75) is 6.92 Å². The van der Waals surface area contributed by atoms with Crippen LogP contribution in [0.2, 0.25) is 0 Å². The second kappa shape index (κ2) is 5.35. The van der Waals surface area contributed by atoms with Crippen molar-refractivity contribution in [1.29, 1.82) is 0 Å². The molecule has 0 aliphatic heterocycles. The maximum Gasteiger partial charge on any atom is 0.374 e. The molecular weight excluding hydrogens is 209 g/mol. The van der Waals surface area contributed by atoms with E-state index in [1.54, 1.807) is 12.3 Å². The molecule has 0 spiro atoms. The van der Waals surface area contributed by atoms with Gasteiger partial charge in [-0.25, -0.2) is 0 Å². The molecule has 2 aromatic rings. The summed E-state index contributed by atoms with van der Waals surface area (Å²) in [7, 11) is 5.18. The highest BCUT2D eigenvalue weighted by Gasteiger charge is 1.96. The minimum atomic E-state index is 0.614. The molecule has 0 bridgehead atoms. The second-order valence-electron chi connectivity index (χ2n) is 3.75. The van der Waals surface area contributed by atoms with Crippen LogP contribution >= 0.6 is 0 Å². The van der Waals surface area contributed by atoms with Crippen LogP contribution in [0, 0.1) is 6.92 Å². The summed E-state index contributed by atoms with van der Waals surface area (Å²) in [5.74, 6) is 0.614. The molecular formula is C14H12BNO. The minimum absolute atomic E-state index is 0.614. The van der Waals surface area contributed by atoms with E-state index in [9.17, 15) is 0 Å². The third-order valence-corrected chi connectivity index (χ3v) is 2.43. The number of rotatable bonds is 3. The minimum Gasteiger partial charge on any atom is -0.567 e. The molecule has 0 fully saturated rings. The Balaban J connectivity index is 2.22. The first kappa shape index (κ1) is 11.5. The van der Waals surface area contributed by atoms with Gasteiger partial charge in [0.2, 0.25) is 0 Å². The summed E-state index contributed by atoms with van der Waals surface area (Å²) >= 11 is 0. The Bertz CT molecular complexity index is 520. The van der Waals surface area contributed by atoms with Gasteiger partial charge in [0.25, 0.3) is 0 Å². The van der Waals surface area contributed by atoms with Crippen molar-refractivity contribution in [1.82, 2.24) is 0 Å². The predicted octanol–water partition coefficient (Wildman–Crippen LogP) is 3.21. The molecule has 0 aliphatic carbocycles. The summed E-state index contributed by atoms with van der Waals surface area (Å²) in [5.41, 5.74) is 2.98. The number of hydrogen-bond acceptors (Lipinski definition) is 2. The van der Waals surface area contributed by atoms with Crippen molar-refractivity contribution >= 4 is 20.0 Å². The van der Waals surface area contributed by atoms with E-state index in [2.05, 4.69) is 4.99 Å². The van der Waals surface area contributed by atoms with Crippen LogP contribution in [0.5, 0.6) is 5.75 Å². The van der Waals surface area contributed by atoms with Crippen LogP contribution in [-0.2, 0) is 0 Å². The normalized spacial score (nSPS) is 10.6. The standard InChI is InChI=1S/C14H12BNO/c1-11-6-8-13(9-7-11)16-10-12-4-2-3-5-14(12)17-15/h2-10H,1H3. The van der Waals surface area contributed by atoms with Crippen LogP contribution in [0.25, 0.3) is 0 Å². The zero-order valence-corrected chi connectivity index (χ0v) is 9.63. The average molecular weight is 221 g/mol. The summed E-state index contributed by atoms with van der Waals surface area (Å²) in [6.07, 6.45) is 1.74. The zero-order chi connectivity index (χ0) is 12.1. The van der Waals surface area contributed by atoms with Gasteiger partial charge in [-0.2, -0.15) is 0 Å².